The minimum absolute atomic E-state index is 0.0452. The molecular formula is C17H21F3O3. The smallest absolute Gasteiger partial charge is 0.201 e. The number of halogens is 3. The molecule has 0 aliphatic carbocycles. The van der Waals surface area contributed by atoms with Crippen molar-refractivity contribution in [1.82, 2.24) is 0 Å². The summed E-state index contributed by atoms with van der Waals surface area (Å²) in [5, 5.41) is 0. The molecule has 1 heterocycles. The SMILES string of the molecule is CCCC1(F)COC(/C=C/c2ccc(OCC)c(F)c2F)OC1. The van der Waals surface area contributed by atoms with Gasteiger partial charge in [-0.05, 0) is 31.6 Å². The van der Waals surface area contributed by atoms with Crippen molar-refractivity contribution in [3.63, 3.8) is 0 Å². The molecule has 2 rings (SSSR count). The number of alkyl halides is 1. The van der Waals surface area contributed by atoms with Crippen LogP contribution in [0.15, 0.2) is 18.2 Å². The minimum atomic E-state index is -1.48. The molecule has 1 aromatic rings. The van der Waals surface area contributed by atoms with E-state index in [1.165, 1.54) is 24.3 Å². The van der Waals surface area contributed by atoms with Crippen molar-refractivity contribution in [3.05, 3.63) is 35.4 Å². The third kappa shape index (κ3) is 4.48. The Balaban J connectivity index is 2.00. The van der Waals surface area contributed by atoms with Gasteiger partial charge in [0.2, 0.25) is 5.82 Å². The first-order valence-electron chi connectivity index (χ1n) is 7.70. The van der Waals surface area contributed by atoms with Crippen LogP contribution >= 0.6 is 0 Å². The molecule has 0 spiro atoms. The van der Waals surface area contributed by atoms with Gasteiger partial charge in [-0.15, -0.1) is 0 Å². The molecule has 0 radical (unpaired) electrons. The van der Waals surface area contributed by atoms with Crippen molar-refractivity contribution in [3.8, 4) is 5.75 Å². The van der Waals surface area contributed by atoms with Crippen molar-refractivity contribution in [2.75, 3.05) is 19.8 Å². The fourth-order valence-corrected chi connectivity index (χ4v) is 2.38. The van der Waals surface area contributed by atoms with Gasteiger partial charge in [0.05, 0.1) is 19.8 Å². The molecule has 128 valence electrons. The van der Waals surface area contributed by atoms with Gasteiger partial charge in [-0.3, -0.25) is 0 Å². The predicted octanol–water partition coefficient (Wildman–Crippen LogP) is 4.26. The highest BCUT2D eigenvalue weighted by Crippen LogP contribution is 2.27. The fraction of sp³-hybridized carbons (Fsp3) is 0.529. The van der Waals surface area contributed by atoms with E-state index >= 15 is 0 Å². The summed E-state index contributed by atoms with van der Waals surface area (Å²) < 4.78 is 57.3. The van der Waals surface area contributed by atoms with Crippen LogP contribution in [0.4, 0.5) is 13.2 Å². The zero-order valence-electron chi connectivity index (χ0n) is 13.3. The lowest BCUT2D eigenvalue weighted by atomic mass is 10.0. The molecular weight excluding hydrogens is 309 g/mol. The van der Waals surface area contributed by atoms with Gasteiger partial charge in [-0.25, -0.2) is 8.78 Å². The van der Waals surface area contributed by atoms with E-state index < -0.39 is 23.6 Å². The lowest BCUT2D eigenvalue weighted by Gasteiger charge is -2.32. The Bertz CT molecular complexity index is 552. The Hall–Kier alpha value is -1.53. The van der Waals surface area contributed by atoms with Crippen LogP contribution in [0.1, 0.15) is 32.3 Å². The minimum Gasteiger partial charge on any atom is -0.491 e. The Morgan fingerprint density at radius 3 is 2.52 bits per heavy atom. The highest BCUT2D eigenvalue weighted by atomic mass is 19.2. The van der Waals surface area contributed by atoms with Gasteiger partial charge in [0.1, 0.15) is 0 Å². The molecule has 1 saturated heterocycles. The average Bonchev–Trinajstić information content (AvgIpc) is 2.53. The normalized spacial score (nSPS) is 25.0. The number of hydrogen-bond donors (Lipinski definition) is 0. The van der Waals surface area contributed by atoms with Crippen LogP contribution in [0.25, 0.3) is 6.08 Å². The van der Waals surface area contributed by atoms with Gasteiger partial charge in [0.25, 0.3) is 0 Å². The molecule has 0 bridgehead atoms. The second kappa shape index (κ2) is 7.84. The van der Waals surface area contributed by atoms with Crippen LogP contribution in [0.2, 0.25) is 0 Å². The Labute approximate surface area is 134 Å². The van der Waals surface area contributed by atoms with Crippen LogP contribution in [-0.4, -0.2) is 31.8 Å². The number of rotatable bonds is 6. The summed E-state index contributed by atoms with van der Waals surface area (Å²) >= 11 is 0. The van der Waals surface area contributed by atoms with Crippen LogP contribution in [0.5, 0.6) is 5.75 Å². The van der Waals surface area contributed by atoms with Crippen LogP contribution < -0.4 is 4.74 Å². The number of hydrogen-bond acceptors (Lipinski definition) is 3. The largest absolute Gasteiger partial charge is 0.491 e. The van der Waals surface area contributed by atoms with Crippen LogP contribution in [-0.2, 0) is 9.47 Å². The van der Waals surface area contributed by atoms with Crippen LogP contribution in [0.3, 0.4) is 0 Å². The first-order valence-corrected chi connectivity index (χ1v) is 7.70. The van der Waals surface area contributed by atoms with Crippen molar-refractivity contribution < 1.29 is 27.4 Å². The van der Waals surface area contributed by atoms with Crippen LogP contribution in [0, 0.1) is 11.6 Å². The Kier molecular flexibility index (Phi) is 6.07. The maximum atomic E-state index is 14.1. The first-order chi connectivity index (χ1) is 11.0. The predicted molar refractivity (Wildman–Crippen MR) is 81.0 cm³/mol. The Morgan fingerprint density at radius 2 is 1.91 bits per heavy atom. The number of ether oxygens (including phenoxy) is 3. The monoisotopic (exact) mass is 330 g/mol. The van der Waals surface area contributed by atoms with E-state index in [4.69, 9.17) is 14.2 Å². The second-order valence-electron chi connectivity index (χ2n) is 5.46. The van der Waals surface area contributed by atoms with E-state index in [0.717, 1.165) is 0 Å². The fourth-order valence-electron chi connectivity index (χ4n) is 2.38. The van der Waals surface area contributed by atoms with Gasteiger partial charge in [0.15, 0.2) is 23.5 Å². The molecule has 0 saturated carbocycles. The van der Waals surface area contributed by atoms with E-state index in [-0.39, 0.29) is 31.1 Å². The van der Waals surface area contributed by atoms with Gasteiger partial charge in [-0.2, -0.15) is 4.39 Å². The molecule has 0 amide bonds. The number of benzene rings is 1. The molecule has 0 atom stereocenters. The molecule has 1 fully saturated rings. The van der Waals surface area contributed by atoms with E-state index in [9.17, 15) is 13.2 Å². The molecule has 3 nitrogen and oxygen atoms in total. The Morgan fingerprint density at radius 1 is 1.22 bits per heavy atom. The van der Waals surface area contributed by atoms with Gasteiger partial charge >= 0.3 is 0 Å². The zero-order chi connectivity index (χ0) is 16.9. The standard InChI is InChI=1S/C17H21F3O3/c1-3-9-17(20)10-22-14(23-11-17)8-6-12-5-7-13(21-4-2)16(19)15(12)18/h5-8,14H,3-4,9-11H2,1-2H3/b8-6+. The summed E-state index contributed by atoms with van der Waals surface area (Å²) in [4.78, 5) is 0. The summed E-state index contributed by atoms with van der Waals surface area (Å²) in [6, 6.07) is 2.76. The van der Waals surface area contributed by atoms with Gasteiger partial charge in [0, 0.05) is 5.56 Å². The molecule has 1 aromatic carbocycles. The van der Waals surface area contributed by atoms with Gasteiger partial charge in [-0.1, -0.05) is 19.4 Å². The van der Waals surface area contributed by atoms with E-state index in [2.05, 4.69) is 0 Å². The highest BCUT2D eigenvalue weighted by Gasteiger charge is 2.35. The lowest BCUT2D eigenvalue weighted by Crippen LogP contribution is -2.43. The summed E-state index contributed by atoms with van der Waals surface area (Å²) in [5.41, 5.74) is -1.43. The maximum Gasteiger partial charge on any atom is 0.201 e. The second-order valence-corrected chi connectivity index (χ2v) is 5.46. The van der Waals surface area contributed by atoms with Crippen molar-refractivity contribution in [2.24, 2.45) is 0 Å². The quantitative estimate of drug-likeness (QED) is 0.780. The topological polar surface area (TPSA) is 27.7 Å². The van der Waals surface area contributed by atoms with Gasteiger partial charge < -0.3 is 14.2 Å². The summed E-state index contributed by atoms with van der Waals surface area (Å²) in [7, 11) is 0. The third-order valence-corrected chi connectivity index (χ3v) is 3.52. The molecule has 6 heteroatoms. The van der Waals surface area contributed by atoms with Crippen molar-refractivity contribution in [2.45, 2.75) is 38.6 Å². The third-order valence-electron chi connectivity index (χ3n) is 3.52. The van der Waals surface area contributed by atoms with Crippen molar-refractivity contribution in [1.29, 1.82) is 0 Å². The summed E-state index contributed by atoms with van der Waals surface area (Å²) in [5.74, 6) is -2.17. The first kappa shape index (κ1) is 17.8. The summed E-state index contributed by atoms with van der Waals surface area (Å²) in [6.07, 6.45) is 3.07. The van der Waals surface area contributed by atoms with E-state index in [1.807, 2.05) is 6.92 Å². The molecule has 1 aliphatic heterocycles. The lowest BCUT2D eigenvalue weighted by molar-refractivity contribution is -0.212. The maximum absolute atomic E-state index is 14.1. The molecule has 0 N–H and O–H groups in total. The van der Waals surface area contributed by atoms with Crippen molar-refractivity contribution >= 4 is 6.08 Å². The average molecular weight is 330 g/mol. The van der Waals surface area contributed by atoms with E-state index in [1.54, 1.807) is 6.92 Å². The molecule has 0 unspecified atom stereocenters. The highest BCUT2D eigenvalue weighted by molar-refractivity contribution is 5.52. The molecule has 1 aliphatic rings. The molecule has 0 aromatic heterocycles. The molecule has 23 heavy (non-hydrogen) atoms. The van der Waals surface area contributed by atoms with E-state index in [0.29, 0.717) is 12.8 Å². The summed E-state index contributed by atoms with van der Waals surface area (Å²) in [6.45, 7) is 3.67. The zero-order valence-corrected chi connectivity index (χ0v) is 13.3.